The number of rotatable bonds is 2. The maximum absolute atomic E-state index is 11.3. The molecular formula is C16H26BN3O4. The minimum absolute atomic E-state index is 0.0426. The van der Waals surface area contributed by atoms with Crippen molar-refractivity contribution in [3.05, 3.63) is 12.4 Å². The van der Waals surface area contributed by atoms with Crippen molar-refractivity contribution in [1.82, 2.24) is 14.7 Å². The van der Waals surface area contributed by atoms with E-state index in [9.17, 15) is 9.90 Å². The molecule has 0 aromatic carbocycles. The van der Waals surface area contributed by atoms with E-state index in [4.69, 9.17) is 9.31 Å². The second-order valence-corrected chi connectivity index (χ2v) is 8.02. The van der Waals surface area contributed by atoms with Gasteiger partial charge in [0.15, 0.2) is 0 Å². The zero-order valence-corrected chi connectivity index (χ0v) is 15.0. The molecule has 7 nitrogen and oxygen atoms in total. The van der Waals surface area contributed by atoms with Gasteiger partial charge in [0.25, 0.3) is 0 Å². The SMILES string of the molecule is CC1CC(n2cc(B3OC(C)(C)C(C)(C)O3)cn2)CN(C(=O)O)C1. The molecule has 2 saturated heterocycles. The van der Waals surface area contributed by atoms with Gasteiger partial charge in [-0.3, -0.25) is 4.68 Å². The predicted octanol–water partition coefficient (Wildman–Crippen LogP) is 1.74. The van der Waals surface area contributed by atoms with Crippen LogP contribution in [0.25, 0.3) is 0 Å². The molecule has 3 heterocycles. The topological polar surface area (TPSA) is 76.8 Å². The minimum atomic E-state index is -0.870. The first-order chi connectivity index (χ1) is 11.1. The van der Waals surface area contributed by atoms with E-state index in [-0.39, 0.29) is 17.2 Å². The van der Waals surface area contributed by atoms with Crippen LogP contribution in [0.4, 0.5) is 4.79 Å². The second-order valence-electron chi connectivity index (χ2n) is 8.02. The summed E-state index contributed by atoms with van der Waals surface area (Å²) in [5.41, 5.74) is 0.0899. The van der Waals surface area contributed by atoms with Crippen LogP contribution in [0.1, 0.15) is 47.1 Å². The van der Waals surface area contributed by atoms with Crippen LogP contribution in [0.3, 0.4) is 0 Å². The maximum atomic E-state index is 11.3. The van der Waals surface area contributed by atoms with Crippen molar-refractivity contribution in [2.45, 2.75) is 58.3 Å². The third-order valence-corrected chi connectivity index (χ3v) is 5.43. The molecule has 1 N–H and O–H groups in total. The molecule has 2 aliphatic rings. The normalized spacial score (nSPS) is 29.0. The zero-order valence-electron chi connectivity index (χ0n) is 15.0. The molecular weight excluding hydrogens is 309 g/mol. The van der Waals surface area contributed by atoms with Crippen molar-refractivity contribution in [3.63, 3.8) is 0 Å². The van der Waals surface area contributed by atoms with E-state index in [0.29, 0.717) is 19.0 Å². The molecule has 0 aliphatic carbocycles. The predicted molar refractivity (Wildman–Crippen MR) is 90.4 cm³/mol. The molecule has 3 rings (SSSR count). The number of carbonyl (C=O) groups is 1. The van der Waals surface area contributed by atoms with Gasteiger partial charge in [-0.25, -0.2) is 4.79 Å². The molecule has 0 bridgehead atoms. The quantitative estimate of drug-likeness (QED) is 0.833. The number of hydrogen-bond acceptors (Lipinski definition) is 4. The highest BCUT2D eigenvalue weighted by Crippen LogP contribution is 2.36. The molecule has 1 aromatic rings. The lowest BCUT2D eigenvalue weighted by Gasteiger charge is -2.34. The highest BCUT2D eigenvalue weighted by atomic mass is 16.7. The number of piperidine rings is 1. The lowest BCUT2D eigenvalue weighted by atomic mass is 9.82. The Labute approximate surface area is 143 Å². The third-order valence-electron chi connectivity index (χ3n) is 5.43. The molecule has 2 atom stereocenters. The van der Waals surface area contributed by atoms with Gasteiger partial charge < -0.3 is 19.3 Å². The number of carboxylic acid groups (broad SMARTS) is 1. The minimum Gasteiger partial charge on any atom is -0.465 e. The number of amides is 1. The summed E-state index contributed by atoms with van der Waals surface area (Å²) in [6, 6.07) is 0.0426. The van der Waals surface area contributed by atoms with Crippen molar-refractivity contribution in [3.8, 4) is 0 Å². The van der Waals surface area contributed by atoms with Gasteiger partial charge in [-0.15, -0.1) is 0 Å². The van der Waals surface area contributed by atoms with E-state index in [0.717, 1.165) is 11.9 Å². The standard InChI is InChI=1S/C16H26BN3O4/c1-11-6-13(10-19(8-11)14(21)22)20-9-12(7-18-20)17-23-15(2,3)16(4,5)24-17/h7,9,11,13H,6,8,10H2,1-5H3,(H,21,22). The molecule has 1 aromatic heterocycles. The number of nitrogens with zero attached hydrogens (tertiary/aromatic N) is 3. The Morgan fingerprint density at radius 1 is 1.29 bits per heavy atom. The molecule has 2 aliphatic heterocycles. The second kappa shape index (κ2) is 5.77. The smallest absolute Gasteiger partial charge is 0.465 e. The van der Waals surface area contributed by atoms with E-state index in [1.807, 2.05) is 38.6 Å². The van der Waals surface area contributed by atoms with Gasteiger partial charge in [-0.2, -0.15) is 5.10 Å². The Kier molecular flexibility index (Phi) is 4.16. The first kappa shape index (κ1) is 17.3. The van der Waals surface area contributed by atoms with Crippen molar-refractivity contribution < 1.29 is 19.2 Å². The average molecular weight is 335 g/mol. The highest BCUT2D eigenvalue weighted by molar-refractivity contribution is 6.62. The van der Waals surface area contributed by atoms with E-state index in [1.54, 1.807) is 6.20 Å². The van der Waals surface area contributed by atoms with Crippen LogP contribution in [0, 0.1) is 5.92 Å². The van der Waals surface area contributed by atoms with Gasteiger partial charge in [-0.05, 0) is 40.0 Å². The summed E-state index contributed by atoms with van der Waals surface area (Å²) in [4.78, 5) is 12.8. The number of likely N-dealkylation sites (tertiary alicyclic amines) is 1. The number of hydrogen-bond donors (Lipinski definition) is 1. The zero-order chi connectivity index (χ0) is 17.7. The summed E-state index contributed by atoms with van der Waals surface area (Å²) in [5.74, 6) is 0.310. The molecule has 132 valence electrons. The Hall–Kier alpha value is -1.54. The van der Waals surface area contributed by atoms with Gasteiger partial charge in [0.2, 0.25) is 0 Å². The van der Waals surface area contributed by atoms with Gasteiger partial charge in [0.05, 0.1) is 17.2 Å². The first-order valence-electron chi connectivity index (χ1n) is 8.46. The van der Waals surface area contributed by atoms with E-state index < -0.39 is 13.2 Å². The number of aromatic nitrogens is 2. The van der Waals surface area contributed by atoms with Crippen LogP contribution < -0.4 is 5.46 Å². The van der Waals surface area contributed by atoms with Crippen LogP contribution in [-0.2, 0) is 9.31 Å². The van der Waals surface area contributed by atoms with Crippen molar-refractivity contribution in [2.75, 3.05) is 13.1 Å². The molecule has 24 heavy (non-hydrogen) atoms. The summed E-state index contributed by atoms with van der Waals surface area (Å²) < 4.78 is 14.0. The molecule has 2 fully saturated rings. The third kappa shape index (κ3) is 3.04. The molecule has 0 saturated carbocycles. The van der Waals surface area contributed by atoms with Crippen LogP contribution in [-0.4, -0.2) is 57.3 Å². The van der Waals surface area contributed by atoms with Gasteiger partial charge in [0, 0.05) is 30.9 Å². The molecule has 1 amide bonds. The van der Waals surface area contributed by atoms with E-state index in [2.05, 4.69) is 12.0 Å². The highest BCUT2D eigenvalue weighted by Gasteiger charge is 2.52. The van der Waals surface area contributed by atoms with Crippen molar-refractivity contribution in [1.29, 1.82) is 0 Å². The Bertz CT molecular complexity index is 615. The van der Waals surface area contributed by atoms with Crippen LogP contribution in [0.15, 0.2) is 12.4 Å². The van der Waals surface area contributed by atoms with Crippen molar-refractivity contribution in [2.24, 2.45) is 5.92 Å². The van der Waals surface area contributed by atoms with Crippen LogP contribution in [0.5, 0.6) is 0 Å². The van der Waals surface area contributed by atoms with Gasteiger partial charge >= 0.3 is 13.2 Å². The average Bonchev–Trinajstić information content (AvgIpc) is 3.01. The van der Waals surface area contributed by atoms with Crippen LogP contribution in [0.2, 0.25) is 0 Å². The summed E-state index contributed by atoms with van der Waals surface area (Å²) in [6.07, 6.45) is 3.72. The monoisotopic (exact) mass is 335 g/mol. The fourth-order valence-corrected chi connectivity index (χ4v) is 3.32. The van der Waals surface area contributed by atoms with E-state index >= 15 is 0 Å². The fourth-order valence-electron chi connectivity index (χ4n) is 3.32. The van der Waals surface area contributed by atoms with Gasteiger partial charge in [0.1, 0.15) is 0 Å². The van der Waals surface area contributed by atoms with Crippen LogP contribution >= 0.6 is 0 Å². The molecule has 8 heteroatoms. The van der Waals surface area contributed by atoms with Gasteiger partial charge in [-0.1, -0.05) is 6.92 Å². The Morgan fingerprint density at radius 3 is 2.50 bits per heavy atom. The fraction of sp³-hybridized carbons (Fsp3) is 0.750. The maximum Gasteiger partial charge on any atom is 0.498 e. The Morgan fingerprint density at radius 2 is 1.92 bits per heavy atom. The Balaban J connectivity index is 1.75. The van der Waals surface area contributed by atoms with E-state index in [1.165, 1.54) is 4.90 Å². The van der Waals surface area contributed by atoms with Crippen molar-refractivity contribution >= 4 is 18.7 Å². The molecule has 0 spiro atoms. The summed E-state index contributed by atoms with van der Waals surface area (Å²) in [7, 11) is -0.444. The largest absolute Gasteiger partial charge is 0.498 e. The lowest BCUT2D eigenvalue weighted by Crippen LogP contribution is -2.43. The summed E-state index contributed by atoms with van der Waals surface area (Å²) >= 11 is 0. The first-order valence-corrected chi connectivity index (χ1v) is 8.46. The summed E-state index contributed by atoms with van der Waals surface area (Å²) in [6.45, 7) is 11.2. The summed E-state index contributed by atoms with van der Waals surface area (Å²) in [5, 5.41) is 13.7. The molecule has 2 unspecified atom stereocenters. The lowest BCUT2D eigenvalue weighted by molar-refractivity contribution is 0.00578. The molecule has 0 radical (unpaired) electrons.